The van der Waals surface area contributed by atoms with Gasteiger partial charge in [0.15, 0.2) is 0 Å². The first-order valence-corrected chi connectivity index (χ1v) is 9.59. The van der Waals surface area contributed by atoms with Gasteiger partial charge in [-0.3, -0.25) is 4.79 Å². The minimum Gasteiger partial charge on any atom is -0.494 e. The van der Waals surface area contributed by atoms with Crippen LogP contribution in [0.3, 0.4) is 0 Å². The lowest BCUT2D eigenvalue weighted by Gasteiger charge is -2.48. The highest BCUT2D eigenvalue weighted by Crippen LogP contribution is 2.43. The molecule has 4 rings (SSSR count). The normalized spacial score (nSPS) is 24.1. The summed E-state index contributed by atoms with van der Waals surface area (Å²) in [5, 5.41) is 8.78. The van der Waals surface area contributed by atoms with Crippen LogP contribution in [-0.2, 0) is 4.79 Å². The first-order chi connectivity index (χ1) is 12.4. The molecule has 5 heteroatoms. The van der Waals surface area contributed by atoms with Gasteiger partial charge in [-0.2, -0.15) is 5.26 Å². The molecule has 0 N–H and O–H groups in total. The fourth-order valence-corrected chi connectivity index (χ4v) is 4.55. The summed E-state index contributed by atoms with van der Waals surface area (Å²) in [6.07, 6.45) is 1.77. The molecule has 3 aliphatic rings. The smallest absolute Gasteiger partial charge is 0.223 e. The number of carbonyl (C=O) groups excluding carboxylic acids is 1. The highest BCUT2D eigenvalue weighted by molar-refractivity contribution is 5.76. The Morgan fingerprint density at radius 2 is 2.00 bits per heavy atom. The molecule has 3 fully saturated rings. The monoisotopic (exact) mass is 355 g/mol. The summed E-state index contributed by atoms with van der Waals surface area (Å²) >= 11 is 0. The quantitative estimate of drug-likeness (QED) is 0.812. The van der Waals surface area contributed by atoms with E-state index in [1.54, 1.807) is 0 Å². The number of hydrogen-bond donors (Lipinski definition) is 0. The van der Waals surface area contributed by atoms with Crippen LogP contribution < -0.4 is 9.64 Å². The van der Waals surface area contributed by atoms with Gasteiger partial charge in [-0.15, -0.1) is 0 Å². The molecule has 0 aromatic heterocycles. The van der Waals surface area contributed by atoms with Crippen LogP contribution in [0.5, 0.6) is 5.75 Å². The van der Waals surface area contributed by atoms with Gasteiger partial charge in [0.2, 0.25) is 5.91 Å². The summed E-state index contributed by atoms with van der Waals surface area (Å²) in [5.41, 5.74) is 1.34. The van der Waals surface area contributed by atoms with Crippen LogP contribution in [0.25, 0.3) is 0 Å². The Kier molecular flexibility index (Phi) is 5.41. The maximum Gasteiger partial charge on any atom is 0.223 e. The summed E-state index contributed by atoms with van der Waals surface area (Å²) in [4.78, 5) is 17.0. The van der Waals surface area contributed by atoms with Gasteiger partial charge in [0.1, 0.15) is 5.75 Å². The number of carbonyl (C=O) groups is 1. The molecular weight excluding hydrogens is 326 g/mol. The van der Waals surface area contributed by atoms with Gasteiger partial charge in [0.25, 0.3) is 0 Å². The zero-order chi connectivity index (χ0) is 18.7. The molecule has 5 nitrogen and oxygen atoms in total. The molecule has 1 aromatic rings. The van der Waals surface area contributed by atoms with Crippen molar-refractivity contribution in [2.75, 3.05) is 31.1 Å². The minimum absolute atomic E-state index is 0.118. The summed E-state index contributed by atoms with van der Waals surface area (Å²) in [6, 6.07) is 10.7. The second-order valence-corrected chi connectivity index (χ2v) is 8.11. The number of benzene rings is 1. The van der Waals surface area contributed by atoms with E-state index in [4.69, 9.17) is 10.00 Å². The molecule has 0 unspecified atom stereocenters. The molecule has 2 atom stereocenters. The number of piperidine rings is 1. The molecular formula is C21H29N3O2. The number of nitriles is 1. The third kappa shape index (κ3) is 3.80. The number of amides is 1. The van der Waals surface area contributed by atoms with E-state index in [1.807, 2.05) is 24.0 Å². The van der Waals surface area contributed by atoms with Crippen molar-refractivity contribution in [1.82, 2.24) is 4.90 Å². The number of nitrogens with zero attached hydrogens (tertiary/aromatic N) is 3. The lowest BCUT2D eigenvalue weighted by Crippen LogP contribution is -2.54. The van der Waals surface area contributed by atoms with Crippen LogP contribution in [0, 0.1) is 22.7 Å². The minimum atomic E-state index is 0.118. The molecule has 3 heterocycles. The molecule has 1 aromatic carbocycles. The fraction of sp³-hybridized carbons (Fsp3) is 0.619. The van der Waals surface area contributed by atoms with Gasteiger partial charge < -0.3 is 14.5 Å². The lowest BCUT2D eigenvalue weighted by molar-refractivity contribution is -0.131. The van der Waals surface area contributed by atoms with Crippen molar-refractivity contribution in [1.29, 1.82) is 5.26 Å². The Morgan fingerprint density at radius 1 is 1.27 bits per heavy atom. The van der Waals surface area contributed by atoms with Crippen molar-refractivity contribution in [2.45, 2.75) is 46.1 Å². The van der Waals surface area contributed by atoms with Gasteiger partial charge in [-0.05, 0) is 48.9 Å². The van der Waals surface area contributed by atoms with E-state index >= 15 is 0 Å². The molecule has 0 saturated carbocycles. The van der Waals surface area contributed by atoms with Crippen molar-refractivity contribution in [3.05, 3.63) is 24.3 Å². The lowest BCUT2D eigenvalue weighted by atomic mass is 9.73. The number of rotatable bonds is 5. The number of fused-ring (bicyclic) bond motifs is 4. The summed E-state index contributed by atoms with van der Waals surface area (Å²) in [6.45, 7) is 9.80. The molecule has 26 heavy (non-hydrogen) atoms. The first-order valence-electron chi connectivity index (χ1n) is 9.59. The van der Waals surface area contributed by atoms with E-state index < -0.39 is 0 Å². The van der Waals surface area contributed by atoms with Gasteiger partial charge in [-0.25, -0.2) is 0 Å². The van der Waals surface area contributed by atoms with E-state index in [1.165, 1.54) is 5.69 Å². The Morgan fingerprint density at radius 3 is 2.65 bits per heavy atom. The molecule has 2 bridgehead atoms. The predicted octanol–water partition coefficient (Wildman–Crippen LogP) is 3.45. The topological polar surface area (TPSA) is 56.6 Å². The molecule has 0 aliphatic carbocycles. The van der Waals surface area contributed by atoms with Crippen LogP contribution in [0.2, 0.25) is 0 Å². The number of hydrogen-bond acceptors (Lipinski definition) is 4. The fourth-order valence-electron chi connectivity index (χ4n) is 4.55. The molecule has 0 radical (unpaired) electrons. The Hall–Kier alpha value is -2.22. The standard InChI is InChI=1S/C21H29N3O2/c1-4-26-18-9-7-17(8-10-18)24-14-16-12-21(2,3)19(24)15-23(13-16)20(25)6-5-11-22/h7-10,16,19H,4-6,12-15H2,1-3H3/t16-,19-/m1/s1. The van der Waals surface area contributed by atoms with Crippen molar-refractivity contribution in [3.8, 4) is 11.8 Å². The summed E-state index contributed by atoms with van der Waals surface area (Å²) in [5.74, 6) is 1.47. The van der Waals surface area contributed by atoms with Crippen LogP contribution in [0.15, 0.2) is 24.3 Å². The second-order valence-electron chi connectivity index (χ2n) is 8.11. The summed E-state index contributed by atoms with van der Waals surface area (Å²) < 4.78 is 5.56. The number of ether oxygens (including phenoxy) is 1. The van der Waals surface area contributed by atoms with E-state index in [0.717, 1.165) is 31.8 Å². The third-order valence-corrected chi connectivity index (χ3v) is 5.70. The van der Waals surface area contributed by atoms with E-state index in [9.17, 15) is 4.79 Å². The average molecular weight is 355 g/mol. The maximum atomic E-state index is 12.5. The van der Waals surface area contributed by atoms with Gasteiger partial charge in [0.05, 0.1) is 18.7 Å². The van der Waals surface area contributed by atoms with Crippen LogP contribution in [0.4, 0.5) is 5.69 Å². The van der Waals surface area contributed by atoms with Crippen molar-refractivity contribution in [2.24, 2.45) is 11.3 Å². The Labute approximate surface area is 156 Å². The maximum absolute atomic E-state index is 12.5. The predicted molar refractivity (Wildman–Crippen MR) is 102 cm³/mol. The van der Waals surface area contributed by atoms with E-state index in [-0.39, 0.29) is 17.4 Å². The van der Waals surface area contributed by atoms with Crippen LogP contribution in [0.1, 0.15) is 40.0 Å². The van der Waals surface area contributed by atoms with Crippen LogP contribution in [-0.4, -0.2) is 43.1 Å². The third-order valence-electron chi connectivity index (χ3n) is 5.70. The van der Waals surface area contributed by atoms with Crippen molar-refractivity contribution in [3.63, 3.8) is 0 Å². The Balaban J connectivity index is 1.82. The molecule has 0 spiro atoms. The summed E-state index contributed by atoms with van der Waals surface area (Å²) in [7, 11) is 0. The Bertz CT molecular complexity index is 677. The molecule has 1 amide bonds. The molecule has 3 aliphatic heterocycles. The van der Waals surface area contributed by atoms with Gasteiger partial charge >= 0.3 is 0 Å². The number of anilines is 1. The van der Waals surface area contributed by atoms with E-state index in [2.05, 4.69) is 36.9 Å². The second kappa shape index (κ2) is 7.57. The zero-order valence-electron chi connectivity index (χ0n) is 16.1. The average Bonchev–Trinajstić information content (AvgIpc) is 2.87. The van der Waals surface area contributed by atoms with E-state index in [0.29, 0.717) is 25.4 Å². The van der Waals surface area contributed by atoms with Gasteiger partial charge in [0, 0.05) is 38.2 Å². The molecule has 3 saturated heterocycles. The zero-order valence-corrected chi connectivity index (χ0v) is 16.1. The van der Waals surface area contributed by atoms with Gasteiger partial charge in [-0.1, -0.05) is 13.8 Å². The van der Waals surface area contributed by atoms with Crippen molar-refractivity contribution < 1.29 is 9.53 Å². The van der Waals surface area contributed by atoms with Crippen LogP contribution >= 0.6 is 0 Å². The highest BCUT2D eigenvalue weighted by Gasteiger charge is 2.46. The largest absolute Gasteiger partial charge is 0.494 e. The SMILES string of the molecule is CCOc1ccc(N2C[C@H]3CN(C(=O)CCC#N)C[C@@H]2C(C)(C)C3)cc1. The first kappa shape index (κ1) is 18.6. The van der Waals surface area contributed by atoms with Crippen molar-refractivity contribution >= 4 is 11.6 Å². The highest BCUT2D eigenvalue weighted by atomic mass is 16.5. The molecule has 140 valence electrons.